The summed E-state index contributed by atoms with van der Waals surface area (Å²) >= 11 is 0. The predicted octanol–water partition coefficient (Wildman–Crippen LogP) is -2.05. The Balaban J connectivity index is 0.00000104. The van der Waals surface area contributed by atoms with Gasteiger partial charge in [0.1, 0.15) is 12.3 Å². The van der Waals surface area contributed by atoms with E-state index in [1.165, 1.54) is 4.90 Å². The van der Waals surface area contributed by atoms with Crippen molar-refractivity contribution < 1.29 is 31.9 Å². The number of nitrogens with two attached hydrogens (primary N) is 3. The molecule has 1 aromatic carbocycles. The highest BCUT2D eigenvalue weighted by Crippen LogP contribution is 2.19. The molecule has 34 heavy (non-hydrogen) atoms. The van der Waals surface area contributed by atoms with Gasteiger partial charge in [0.15, 0.2) is 5.96 Å². The number of hydrogen-bond acceptors (Lipinski definition) is 9. The Labute approximate surface area is 198 Å². The zero-order valence-corrected chi connectivity index (χ0v) is 19.4. The Morgan fingerprint density at radius 3 is 2.41 bits per heavy atom. The number of nitrogens with one attached hydrogen (secondary N) is 1. The molecule has 3 atom stereocenters. The van der Waals surface area contributed by atoms with Crippen LogP contribution in [0.3, 0.4) is 0 Å². The number of aldehydes is 1. The lowest BCUT2D eigenvalue weighted by molar-refractivity contribution is -0.139. The molecule has 1 aliphatic heterocycles. The monoisotopic (exact) mass is 498 g/mol. The van der Waals surface area contributed by atoms with Gasteiger partial charge in [0.25, 0.3) is 0 Å². The summed E-state index contributed by atoms with van der Waals surface area (Å²) in [6.07, 6.45) is 3.34. The maximum absolute atomic E-state index is 12.8. The fourth-order valence-corrected chi connectivity index (χ4v) is 3.44. The van der Waals surface area contributed by atoms with Crippen LogP contribution in [0.15, 0.2) is 35.3 Å². The van der Waals surface area contributed by atoms with Crippen molar-refractivity contribution in [2.45, 2.75) is 50.2 Å². The van der Waals surface area contributed by atoms with E-state index in [4.69, 9.17) is 34.7 Å². The third-order valence-corrected chi connectivity index (χ3v) is 4.91. The summed E-state index contributed by atoms with van der Waals surface area (Å²) in [5.41, 5.74) is 17.6. The second kappa shape index (κ2) is 14.2. The first-order chi connectivity index (χ1) is 15.9. The zero-order valence-electron chi connectivity index (χ0n) is 18.5. The van der Waals surface area contributed by atoms with Gasteiger partial charge >= 0.3 is 0 Å². The van der Waals surface area contributed by atoms with Crippen LogP contribution in [-0.4, -0.2) is 77.7 Å². The average molecular weight is 499 g/mol. The molecule has 0 radical (unpaired) electrons. The molecule has 0 spiro atoms. The van der Waals surface area contributed by atoms with Gasteiger partial charge in [0, 0.05) is 23.5 Å². The molecule has 14 heteroatoms. The highest BCUT2D eigenvalue weighted by Gasteiger charge is 2.36. The topological polar surface area (TPSA) is 237 Å². The highest BCUT2D eigenvalue weighted by atomic mass is 32.3. The summed E-state index contributed by atoms with van der Waals surface area (Å²) in [6.45, 7) is 0.862. The summed E-state index contributed by atoms with van der Waals surface area (Å²) < 4.78 is 34.1. The molecular weight excluding hydrogens is 468 g/mol. The van der Waals surface area contributed by atoms with Crippen molar-refractivity contribution in [2.75, 3.05) is 13.1 Å². The normalized spacial score (nSPS) is 17.0. The van der Waals surface area contributed by atoms with E-state index in [9.17, 15) is 14.4 Å². The van der Waals surface area contributed by atoms with E-state index >= 15 is 0 Å². The number of hydrogen-bond donors (Lipinski definition) is 4. The van der Waals surface area contributed by atoms with Gasteiger partial charge < -0.3 is 41.3 Å². The lowest BCUT2D eigenvalue weighted by atomic mass is 10.0. The van der Waals surface area contributed by atoms with Crippen molar-refractivity contribution in [3.05, 3.63) is 35.9 Å². The Bertz CT molecular complexity index is 930. The Morgan fingerprint density at radius 1 is 1.24 bits per heavy atom. The minimum absolute atomic E-state index is 0.0105. The van der Waals surface area contributed by atoms with Crippen molar-refractivity contribution in [3.63, 3.8) is 0 Å². The first kappa shape index (κ1) is 29.0. The van der Waals surface area contributed by atoms with E-state index in [2.05, 4.69) is 10.3 Å². The van der Waals surface area contributed by atoms with E-state index in [0.29, 0.717) is 45.1 Å². The van der Waals surface area contributed by atoms with Crippen LogP contribution in [0.25, 0.3) is 0 Å². The van der Waals surface area contributed by atoms with Gasteiger partial charge in [0.2, 0.25) is 11.8 Å². The van der Waals surface area contributed by atoms with E-state index in [0.717, 1.165) is 12.0 Å². The number of carbonyl (C=O) groups is 3. The molecular formula is C20H30N6O7S-2. The zero-order chi connectivity index (χ0) is 25.7. The van der Waals surface area contributed by atoms with Crippen LogP contribution in [0.4, 0.5) is 0 Å². The Morgan fingerprint density at radius 2 is 1.85 bits per heavy atom. The van der Waals surface area contributed by atoms with Crippen molar-refractivity contribution >= 4 is 34.5 Å². The molecule has 2 rings (SSSR count). The Hall–Kier alpha value is -3.07. The quantitative estimate of drug-likeness (QED) is 0.0687. The molecule has 190 valence electrons. The van der Waals surface area contributed by atoms with Gasteiger partial charge in [-0.15, -0.1) is 0 Å². The summed E-state index contributed by atoms with van der Waals surface area (Å²) in [6, 6.07) is 7.55. The SMILES string of the molecule is NC(N)=NCCCC(C=O)NC(=O)[C@@H]1CCCN1C(=O)[C@H](N)Cc1ccccc1.O=S(=O)([O-])[O-]. The molecule has 13 nitrogen and oxygen atoms in total. The third kappa shape index (κ3) is 11.7. The fourth-order valence-electron chi connectivity index (χ4n) is 3.44. The van der Waals surface area contributed by atoms with Gasteiger partial charge in [-0.2, -0.15) is 0 Å². The third-order valence-electron chi connectivity index (χ3n) is 4.91. The first-order valence-corrected chi connectivity index (χ1v) is 11.8. The number of carbonyl (C=O) groups excluding carboxylic acids is 3. The maximum Gasteiger partial charge on any atom is 0.243 e. The predicted molar refractivity (Wildman–Crippen MR) is 121 cm³/mol. The lowest BCUT2D eigenvalue weighted by Crippen LogP contribution is -2.53. The van der Waals surface area contributed by atoms with Crippen LogP contribution in [0, 0.1) is 0 Å². The van der Waals surface area contributed by atoms with E-state index < -0.39 is 28.5 Å². The van der Waals surface area contributed by atoms with Crippen molar-refractivity contribution in [3.8, 4) is 0 Å². The smallest absolute Gasteiger partial charge is 0.243 e. The molecule has 0 aliphatic carbocycles. The average Bonchev–Trinajstić information content (AvgIpc) is 3.24. The molecule has 0 saturated carbocycles. The molecule has 0 aromatic heterocycles. The number of benzene rings is 1. The molecule has 1 aliphatic rings. The van der Waals surface area contributed by atoms with Gasteiger partial charge in [0.05, 0.1) is 12.1 Å². The van der Waals surface area contributed by atoms with Gasteiger partial charge in [-0.05, 0) is 37.7 Å². The van der Waals surface area contributed by atoms with Gasteiger partial charge in [-0.25, -0.2) is 0 Å². The summed E-state index contributed by atoms with van der Waals surface area (Å²) in [7, 11) is -5.17. The van der Waals surface area contributed by atoms with Gasteiger partial charge in [-0.3, -0.25) is 23.0 Å². The minimum atomic E-state index is -5.17. The number of rotatable bonds is 10. The number of guanidine groups is 1. The number of aliphatic imine (C=N–C) groups is 1. The van der Waals surface area contributed by atoms with Crippen molar-refractivity contribution in [2.24, 2.45) is 22.2 Å². The molecule has 0 bridgehead atoms. The minimum Gasteiger partial charge on any atom is -0.759 e. The van der Waals surface area contributed by atoms with Crippen LogP contribution in [0.2, 0.25) is 0 Å². The number of nitrogens with zero attached hydrogens (tertiary/aromatic N) is 2. The molecule has 1 saturated heterocycles. The maximum atomic E-state index is 12.8. The van der Waals surface area contributed by atoms with Crippen LogP contribution < -0.4 is 22.5 Å². The molecule has 1 aromatic rings. The molecule has 1 unspecified atom stereocenters. The number of likely N-dealkylation sites (tertiary alicyclic amines) is 1. The molecule has 1 fully saturated rings. The molecule has 7 N–H and O–H groups in total. The molecule has 1 heterocycles. The van der Waals surface area contributed by atoms with Crippen LogP contribution in [0.5, 0.6) is 0 Å². The highest BCUT2D eigenvalue weighted by molar-refractivity contribution is 7.79. The largest absolute Gasteiger partial charge is 0.759 e. The molecule has 2 amide bonds. The first-order valence-electron chi connectivity index (χ1n) is 10.5. The second-order valence-electron chi connectivity index (χ2n) is 7.59. The van der Waals surface area contributed by atoms with E-state index in [1.54, 1.807) is 0 Å². The van der Waals surface area contributed by atoms with Crippen LogP contribution >= 0.6 is 0 Å². The summed E-state index contributed by atoms with van der Waals surface area (Å²) in [5.74, 6) is -0.591. The Kier molecular flexibility index (Phi) is 12.1. The van der Waals surface area contributed by atoms with Crippen molar-refractivity contribution in [1.82, 2.24) is 10.2 Å². The summed E-state index contributed by atoms with van der Waals surface area (Å²) in [4.78, 5) is 42.2. The standard InChI is InChI=1S/C20H30N6O3.H2O4S/c21-16(12-14-6-2-1-3-7-14)19(29)26-11-5-9-17(26)18(28)25-15(13-27)8-4-10-24-20(22)23;1-5(2,3)4/h1-3,6-7,13,15-17H,4-5,8-12,21H2,(H,25,28)(H4,22,23,24);(H2,1,2,3,4)/p-2/t15?,16-,17+;/m1./s1. The van der Waals surface area contributed by atoms with E-state index in [-0.39, 0.29) is 17.8 Å². The van der Waals surface area contributed by atoms with Crippen LogP contribution in [0.1, 0.15) is 31.2 Å². The lowest BCUT2D eigenvalue weighted by Gasteiger charge is -2.27. The second-order valence-corrected chi connectivity index (χ2v) is 8.41. The van der Waals surface area contributed by atoms with E-state index in [1.807, 2.05) is 30.3 Å². The summed E-state index contributed by atoms with van der Waals surface area (Å²) in [5, 5.41) is 2.72. The van der Waals surface area contributed by atoms with Gasteiger partial charge in [-0.1, -0.05) is 30.3 Å². The fraction of sp³-hybridized carbons (Fsp3) is 0.500. The number of amides is 2. The van der Waals surface area contributed by atoms with Crippen LogP contribution in [-0.2, 0) is 31.2 Å². The van der Waals surface area contributed by atoms with Crippen molar-refractivity contribution in [1.29, 1.82) is 0 Å².